The zero-order chi connectivity index (χ0) is 10.8. The lowest BCUT2D eigenvalue weighted by Crippen LogP contribution is -2.37. The van der Waals surface area contributed by atoms with E-state index in [4.69, 9.17) is 0 Å². The normalized spacial score (nSPS) is 11.9. The first-order valence-corrected chi connectivity index (χ1v) is 5.13. The Morgan fingerprint density at radius 1 is 1.40 bits per heavy atom. The highest BCUT2D eigenvalue weighted by Crippen LogP contribution is 2.26. The number of sulfone groups is 1. The van der Waals surface area contributed by atoms with Crippen LogP contribution in [0.3, 0.4) is 0 Å². The molecule has 0 amide bonds. The Bertz CT molecular complexity index is 410. The minimum absolute atomic E-state index is 0. The number of rotatable bonds is 3. The second-order valence-electron chi connectivity index (χ2n) is 2.51. The predicted molar refractivity (Wildman–Crippen MR) is 52.7 cm³/mol. The summed E-state index contributed by atoms with van der Waals surface area (Å²) in [5.41, 5.74) is 4.67. The summed E-state index contributed by atoms with van der Waals surface area (Å²) in [7, 11) is -4.76. The van der Waals surface area contributed by atoms with Crippen LogP contribution in [0.5, 0.6) is 0 Å². The number of hydrogen-bond donors (Lipinski definition) is 1. The van der Waals surface area contributed by atoms with Crippen molar-refractivity contribution in [2.75, 3.05) is 6.54 Å². The van der Waals surface area contributed by atoms with Crippen molar-refractivity contribution in [2.24, 2.45) is 5.73 Å². The molecule has 15 heavy (non-hydrogen) atoms. The Labute approximate surface area is 91.8 Å². The van der Waals surface area contributed by atoms with Crippen LogP contribution in [0.25, 0.3) is 0 Å². The lowest BCUT2D eigenvalue weighted by Gasteiger charge is -2.13. The van der Waals surface area contributed by atoms with Crippen LogP contribution in [0.2, 0.25) is 0 Å². The molecule has 4 nitrogen and oxygen atoms in total. The van der Waals surface area contributed by atoms with Gasteiger partial charge in [0.1, 0.15) is 0 Å². The smallest absolute Gasteiger partial charge is 0.324 e. The molecule has 0 aromatic carbocycles. The number of nitrogens with two attached hydrogens (primary N) is 1. The van der Waals surface area contributed by atoms with Gasteiger partial charge in [-0.2, -0.15) is 8.78 Å². The maximum atomic E-state index is 12.9. The van der Waals surface area contributed by atoms with Crippen molar-refractivity contribution in [3.8, 4) is 0 Å². The highest BCUT2D eigenvalue weighted by molar-refractivity contribution is 7.92. The van der Waals surface area contributed by atoms with Gasteiger partial charge in [0, 0.05) is 6.20 Å². The highest BCUT2D eigenvalue weighted by Gasteiger charge is 2.45. The molecule has 2 N–H and O–H groups in total. The maximum Gasteiger partial charge on any atom is 0.363 e. The van der Waals surface area contributed by atoms with Crippen molar-refractivity contribution in [1.29, 1.82) is 0 Å². The van der Waals surface area contributed by atoms with Gasteiger partial charge in [0.15, 0.2) is 5.03 Å². The molecule has 0 radical (unpaired) electrons. The van der Waals surface area contributed by atoms with Crippen LogP contribution in [0.1, 0.15) is 0 Å². The molecular formula is C7H9ClF2N2O2S. The van der Waals surface area contributed by atoms with Gasteiger partial charge in [-0.25, -0.2) is 13.4 Å². The van der Waals surface area contributed by atoms with Crippen molar-refractivity contribution in [3.05, 3.63) is 24.4 Å². The molecule has 0 spiro atoms. The molecular weight excluding hydrogens is 250 g/mol. The summed E-state index contributed by atoms with van der Waals surface area (Å²) in [4.78, 5) is 3.34. The second kappa shape index (κ2) is 4.82. The minimum atomic E-state index is -4.76. The van der Waals surface area contributed by atoms with Crippen molar-refractivity contribution in [1.82, 2.24) is 4.98 Å². The van der Waals surface area contributed by atoms with E-state index in [1.54, 1.807) is 0 Å². The molecule has 0 fully saturated rings. The number of nitrogens with zero attached hydrogens (tertiary/aromatic N) is 1. The summed E-state index contributed by atoms with van der Waals surface area (Å²) >= 11 is 0. The van der Waals surface area contributed by atoms with Gasteiger partial charge in [-0.15, -0.1) is 12.4 Å². The quantitative estimate of drug-likeness (QED) is 0.872. The third-order valence-electron chi connectivity index (χ3n) is 1.54. The Hall–Kier alpha value is -0.790. The molecule has 0 atom stereocenters. The Balaban J connectivity index is 0.00000196. The van der Waals surface area contributed by atoms with Crippen molar-refractivity contribution >= 4 is 22.2 Å². The topological polar surface area (TPSA) is 73.1 Å². The number of alkyl halides is 2. The SMILES string of the molecule is Cl.NCC(F)(F)S(=O)(=O)c1ccccn1. The fourth-order valence-electron chi connectivity index (χ4n) is 0.769. The summed E-state index contributed by atoms with van der Waals surface area (Å²) in [6.07, 6.45) is 1.12. The fourth-order valence-corrected chi connectivity index (χ4v) is 1.75. The summed E-state index contributed by atoms with van der Waals surface area (Å²) < 4.78 is 48.1. The van der Waals surface area contributed by atoms with E-state index in [2.05, 4.69) is 10.7 Å². The lowest BCUT2D eigenvalue weighted by molar-refractivity contribution is 0.101. The fraction of sp³-hybridized carbons (Fsp3) is 0.286. The van der Waals surface area contributed by atoms with Gasteiger partial charge in [0.25, 0.3) is 9.84 Å². The first-order chi connectivity index (χ1) is 6.42. The first-order valence-electron chi connectivity index (χ1n) is 3.65. The molecule has 1 heterocycles. The molecule has 0 aliphatic heterocycles. The third kappa shape index (κ3) is 2.61. The Kier molecular flexibility index (Phi) is 4.57. The summed E-state index contributed by atoms with van der Waals surface area (Å²) in [6, 6.07) is 3.74. The summed E-state index contributed by atoms with van der Waals surface area (Å²) in [5.74, 6) is 0. The van der Waals surface area contributed by atoms with Crippen LogP contribution in [0.15, 0.2) is 29.4 Å². The van der Waals surface area contributed by atoms with Crippen LogP contribution >= 0.6 is 12.4 Å². The van der Waals surface area contributed by atoms with Gasteiger partial charge in [-0.05, 0) is 12.1 Å². The van der Waals surface area contributed by atoms with Crippen molar-refractivity contribution in [2.45, 2.75) is 10.3 Å². The van der Waals surface area contributed by atoms with E-state index in [1.807, 2.05) is 0 Å². The number of hydrogen-bond acceptors (Lipinski definition) is 4. The lowest BCUT2D eigenvalue weighted by atomic mass is 10.5. The molecule has 0 bridgehead atoms. The van der Waals surface area contributed by atoms with Gasteiger partial charge in [-0.1, -0.05) is 6.07 Å². The van der Waals surface area contributed by atoms with Gasteiger partial charge in [-0.3, -0.25) is 0 Å². The molecule has 0 saturated heterocycles. The molecule has 0 saturated carbocycles. The van der Waals surface area contributed by atoms with Crippen LogP contribution in [-0.4, -0.2) is 25.2 Å². The average Bonchev–Trinajstić information content (AvgIpc) is 2.19. The van der Waals surface area contributed by atoms with Gasteiger partial charge in [0.05, 0.1) is 6.54 Å². The highest BCUT2D eigenvalue weighted by atomic mass is 35.5. The van der Waals surface area contributed by atoms with E-state index < -0.39 is 26.7 Å². The third-order valence-corrected chi connectivity index (χ3v) is 3.29. The van der Waals surface area contributed by atoms with E-state index >= 15 is 0 Å². The molecule has 0 aliphatic carbocycles. The number of halogens is 3. The van der Waals surface area contributed by atoms with E-state index in [1.165, 1.54) is 12.1 Å². The molecule has 1 aromatic heterocycles. The monoisotopic (exact) mass is 258 g/mol. The summed E-state index contributed by atoms with van der Waals surface area (Å²) in [6.45, 7) is -1.26. The standard InChI is InChI=1S/C7H8F2N2O2S.ClH/c8-7(9,5-10)14(12,13)6-3-1-2-4-11-6;/h1-4H,5,10H2;1H. The molecule has 1 aromatic rings. The van der Waals surface area contributed by atoms with E-state index in [0.717, 1.165) is 12.3 Å². The van der Waals surface area contributed by atoms with E-state index in [-0.39, 0.29) is 12.4 Å². The first kappa shape index (κ1) is 14.2. The minimum Gasteiger partial charge on any atom is -0.324 e. The maximum absolute atomic E-state index is 12.9. The molecule has 0 aliphatic rings. The van der Waals surface area contributed by atoms with Crippen LogP contribution < -0.4 is 5.73 Å². The molecule has 0 unspecified atom stereocenters. The summed E-state index contributed by atoms with van der Waals surface area (Å²) in [5, 5.41) is -4.64. The van der Waals surface area contributed by atoms with Crippen molar-refractivity contribution < 1.29 is 17.2 Å². The number of pyridine rings is 1. The van der Waals surface area contributed by atoms with Gasteiger partial charge >= 0.3 is 5.25 Å². The van der Waals surface area contributed by atoms with Gasteiger partial charge < -0.3 is 5.73 Å². The van der Waals surface area contributed by atoms with Gasteiger partial charge in [0.2, 0.25) is 0 Å². The zero-order valence-corrected chi connectivity index (χ0v) is 9.06. The average molecular weight is 259 g/mol. The van der Waals surface area contributed by atoms with Crippen LogP contribution in [-0.2, 0) is 9.84 Å². The Morgan fingerprint density at radius 2 is 2.00 bits per heavy atom. The van der Waals surface area contributed by atoms with Crippen molar-refractivity contribution in [3.63, 3.8) is 0 Å². The zero-order valence-electron chi connectivity index (χ0n) is 7.43. The van der Waals surface area contributed by atoms with Crippen LogP contribution in [0.4, 0.5) is 8.78 Å². The molecule has 8 heteroatoms. The van der Waals surface area contributed by atoms with Crippen LogP contribution in [0, 0.1) is 0 Å². The molecule has 1 rings (SSSR count). The number of aromatic nitrogens is 1. The molecule has 86 valence electrons. The van der Waals surface area contributed by atoms with E-state index in [0.29, 0.717) is 0 Å². The predicted octanol–water partition coefficient (Wildman–Crippen LogP) is 0.829. The second-order valence-corrected chi connectivity index (χ2v) is 4.54. The largest absolute Gasteiger partial charge is 0.363 e. The Morgan fingerprint density at radius 3 is 2.40 bits per heavy atom. The van der Waals surface area contributed by atoms with E-state index in [9.17, 15) is 17.2 Å².